The molecule has 3 rings (SSSR count). The molecule has 0 amide bonds. The van der Waals surface area contributed by atoms with Gasteiger partial charge in [0.05, 0.1) is 5.92 Å². The molecule has 1 fully saturated rings. The zero-order valence-electron chi connectivity index (χ0n) is 12.7. The third-order valence-electron chi connectivity index (χ3n) is 4.54. The van der Waals surface area contributed by atoms with E-state index in [0.29, 0.717) is 17.1 Å². The number of rotatable bonds is 3. The lowest BCUT2D eigenvalue weighted by Gasteiger charge is -2.24. The van der Waals surface area contributed by atoms with Crippen LogP contribution in [0.1, 0.15) is 25.7 Å². The fourth-order valence-corrected chi connectivity index (χ4v) is 3.10. The molecule has 0 aliphatic heterocycles. The molecule has 0 radical (unpaired) electrons. The summed E-state index contributed by atoms with van der Waals surface area (Å²) in [4.78, 5) is 12.2. The lowest BCUT2D eigenvalue weighted by atomic mass is 9.82. The van der Waals surface area contributed by atoms with E-state index in [1.54, 1.807) is 6.07 Å². The van der Waals surface area contributed by atoms with E-state index in [9.17, 15) is 13.6 Å². The molecule has 1 saturated carbocycles. The summed E-state index contributed by atoms with van der Waals surface area (Å²) in [6, 6.07) is 7.04. The van der Waals surface area contributed by atoms with Gasteiger partial charge in [0.25, 0.3) is 0 Å². The Morgan fingerprint density at radius 1 is 1.13 bits per heavy atom. The Labute approximate surface area is 133 Å². The largest absolute Gasteiger partial charge is 0.426 e. The minimum atomic E-state index is -0.888. The lowest BCUT2D eigenvalue weighted by molar-refractivity contribution is -0.140. The van der Waals surface area contributed by atoms with Crippen LogP contribution in [0, 0.1) is 23.5 Å². The number of carbonyl (C=O) groups is 1. The van der Waals surface area contributed by atoms with Crippen molar-refractivity contribution in [3.63, 3.8) is 0 Å². The fraction of sp³-hybridized carbons (Fsp3) is 0.316. The molecule has 1 aliphatic rings. The van der Waals surface area contributed by atoms with E-state index in [1.165, 1.54) is 18.2 Å². The smallest absolute Gasteiger partial charge is 0.314 e. The molecule has 0 saturated heterocycles. The van der Waals surface area contributed by atoms with Crippen molar-refractivity contribution in [1.82, 2.24) is 0 Å². The monoisotopic (exact) mass is 316 g/mol. The minimum absolute atomic E-state index is 0.105. The molecule has 0 spiro atoms. The van der Waals surface area contributed by atoms with Crippen molar-refractivity contribution in [1.29, 1.82) is 0 Å². The molecule has 2 aromatic rings. The molecule has 2 aromatic carbocycles. The van der Waals surface area contributed by atoms with E-state index in [-0.39, 0.29) is 17.3 Å². The summed E-state index contributed by atoms with van der Waals surface area (Å²) in [6.45, 7) is 3.79. The van der Waals surface area contributed by atoms with Crippen LogP contribution in [0.25, 0.3) is 10.8 Å². The van der Waals surface area contributed by atoms with Crippen LogP contribution in [0.2, 0.25) is 0 Å². The first-order valence-electron chi connectivity index (χ1n) is 7.80. The highest BCUT2D eigenvalue weighted by Gasteiger charge is 2.26. The van der Waals surface area contributed by atoms with Gasteiger partial charge in [0.2, 0.25) is 0 Å². The average molecular weight is 316 g/mol. The number of fused-ring (bicyclic) bond motifs is 1. The van der Waals surface area contributed by atoms with Crippen molar-refractivity contribution < 1.29 is 18.3 Å². The van der Waals surface area contributed by atoms with Crippen molar-refractivity contribution in [2.75, 3.05) is 0 Å². The maximum Gasteiger partial charge on any atom is 0.314 e. The first-order valence-corrected chi connectivity index (χ1v) is 7.80. The summed E-state index contributed by atoms with van der Waals surface area (Å²) in [5.74, 6) is -1.29. The summed E-state index contributed by atoms with van der Waals surface area (Å²) >= 11 is 0. The van der Waals surface area contributed by atoms with Gasteiger partial charge in [-0.15, -0.1) is 6.58 Å². The number of benzene rings is 2. The lowest BCUT2D eigenvalue weighted by Crippen LogP contribution is -2.25. The minimum Gasteiger partial charge on any atom is -0.426 e. The third-order valence-corrected chi connectivity index (χ3v) is 4.54. The second kappa shape index (κ2) is 6.49. The number of allylic oxidation sites excluding steroid dienone is 1. The molecular weight excluding hydrogens is 298 g/mol. The highest BCUT2D eigenvalue weighted by atomic mass is 19.2. The number of hydrogen-bond acceptors (Lipinski definition) is 2. The van der Waals surface area contributed by atoms with Gasteiger partial charge in [-0.25, -0.2) is 8.78 Å². The van der Waals surface area contributed by atoms with Crippen molar-refractivity contribution >= 4 is 16.7 Å². The molecule has 2 nitrogen and oxygen atoms in total. The van der Waals surface area contributed by atoms with E-state index in [1.807, 2.05) is 6.08 Å². The van der Waals surface area contributed by atoms with Gasteiger partial charge >= 0.3 is 5.97 Å². The van der Waals surface area contributed by atoms with Crippen molar-refractivity contribution in [3.05, 3.63) is 54.6 Å². The second-order valence-corrected chi connectivity index (χ2v) is 6.01. The summed E-state index contributed by atoms with van der Waals surface area (Å²) in [7, 11) is 0. The van der Waals surface area contributed by atoms with E-state index >= 15 is 0 Å². The summed E-state index contributed by atoms with van der Waals surface area (Å²) in [6.07, 6.45) is 5.43. The predicted molar refractivity (Wildman–Crippen MR) is 85.1 cm³/mol. The molecule has 0 bridgehead atoms. The summed E-state index contributed by atoms with van der Waals surface area (Å²) in [5, 5.41) is 0.681. The van der Waals surface area contributed by atoms with Crippen LogP contribution in [-0.2, 0) is 4.79 Å². The number of hydrogen-bond donors (Lipinski definition) is 0. The van der Waals surface area contributed by atoms with Gasteiger partial charge in [-0.2, -0.15) is 0 Å². The maximum atomic E-state index is 13.7. The molecule has 0 aromatic heterocycles. The normalized spacial score (nSPS) is 21.1. The van der Waals surface area contributed by atoms with Crippen LogP contribution in [0.4, 0.5) is 8.78 Å². The van der Waals surface area contributed by atoms with Crippen molar-refractivity contribution in [2.24, 2.45) is 11.8 Å². The Kier molecular flexibility index (Phi) is 4.42. The molecule has 0 heterocycles. The first-order chi connectivity index (χ1) is 11.1. The van der Waals surface area contributed by atoms with Crippen molar-refractivity contribution in [2.45, 2.75) is 25.7 Å². The molecule has 0 atom stereocenters. The standard InChI is InChI=1S/C19H18F2O2/c1-2-12-3-5-13(6-4-12)19(22)23-15-8-9-16-14(11-15)7-10-17(20)18(16)21/h2,7-13H,1,3-6H2. The highest BCUT2D eigenvalue weighted by molar-refractivity contribution is 5.85. The van der Waals surface area contributed by atoms with Crippen LogP contribution >= 0.6 is 0 Å². The molecule has 23 heavy (non-hydrogen) atoms. The van der Waals surface area contributed by atoms with Gasteiger partial charge in [0.15, 0.2) is 11.6 Å². The molecular formula is C19H18F2O2. The second-order valence-electron chi connectivity index (χ2n) is 6.01. The molecule has 4 heteroatoms. The molecule has 0 unspecified atom stereocenters. The Hall–Kier alpha value is -2.23. The van der Waals surface area contributed by atoms with Gasteiger partial charge < -0.3 is 4.74 Å². The van der Waals surface area contributed by atoms with Gasteiger partial charge in [-0.3, -0.25) is 4.79 Å². The Morgan fingerprint density at radius 2 is 1.87 bits per heavy atom. The molecule has 1 aliphatic carbocycles. The zero-order chi connectivity index (χ0) is 16.4. The van der Waals surface area contributed by atoms with Crippen LogP contribution in [0.3, 0.4) is 0 Å². The third kappa shape index (κ3) is 3.26. The van der Waals surface area contributed by atoms with E-state index < -0.39 is 11.6 Å². The Bertz CT molecular complexity index is 746. The van der Waals surface area contributed by atoms with Crippen LogP contribution < -0.4 is 4.74 Å². The van der Waals surface area contributed by atoms with Gasteiger partial charge in [0, 0.05) is 5.39 Å². The van der Waals surface area contributed by atoms with Crippen molar-refractivity contribution in [3.8, 4) is 5.75 Å². The fourth-order valence-electron chi connectivity index (χ4n) is 3.10. The van der Waals surface area contributed by atoms with Gasteiger partial charge in [-0.1, -0.05) is 12.1 Å². The number of esters is 1. The van der Waals surface area contributed by atoms with Crippen LogP contribution in [0.5, 0.6) is 5.75 Å². The SMILES string of the molecule is C=CC1CCC(C(=O)Oc2ccc3c(F)c(F)ccc3c2)CC1. The first kappa shape index (κ1) is 15.7. The quantitative estimate of drug-likeness (QED) is 0.452. The van der Waals surface area contributed by atoms with Crippen LogP contribution in [-0.4, -0.2) is 5.97 Å². The van der Waals surface area contributed by atoms with Crippen LogP contribution in [0.15, 0.2) is 43.0 Å². The number of halogens is 2. The Morgan fingerprint density at radius 3 is 2.57 bits per heavy atom. The summed E-state index contributed by atoms with van der Waals surface area (Å²) < 4.78 is 32.3. The Balaban J connectivity index is 1.73. The highest BCUT2D eigenvalue weighted by Crippen LogP contribution is 2.31. The van der Waals surface area contributed by atoms with E-state index in [4.69, 9.17) is 4.74 Å². The maximum absolute atomic E-state index is 13.7. The average Bonchev–Trinajstić information content (AvgIpc) is 2.58. The summed E-state index contributed by atoms with van der Waals surface area (Å²) in [5.41, 5.74) is 0. The number of ether oxygens (including phenoxy) is 1. The van der Waals surface area contributed by atoms with Gasteiger partial charge in [0.1, 0.15) is 5.75 Å². The topological polar surface area (TPSA) is 26.3 Å². The number of carbonyl (C=O) groups excluding carboxylic acids is 1. The van der Waals surface area contributed by atoms with E-state index in [0.717, 1.165) is 31.7 Å². The predicted octanol–water partition coefficient (Wildman–Crippen LogP) is 5.02. The molecule has 0 N–H and O–H groups in total. The van der Waals surface area contributed by atoms with Gasteiger partial charge in [-0.05, 0) is 61.3 Å². The molecule has 120 valence electrons. The van der Waals surface area contributed by atoms with E-state index in [2.05, 4.69) is 6.58 Å². The zero-order valence-corrected chi connectivity index (χ0v) is 12.7.